The van der Waals surface area contributed by atoms with Crippen LogP contribution in [0, 0.1) is 0 Å². The number of hydrogen-bond acceptors (Lipinski definition) is 8. The first-order chi connectivity index (χ1) is 18.5. The van der Waals surface area contributed by atoms with Gasteiger partial charge in [-0.3, -0.25) is 4.79 Å². The third-order valence-electron chi connectivity index (χ3n) is 6.93. The second kappa shape index (κ2) is 13.3. The molecule has 10 heteroatoms. The lowest BCUT2D eigenvalue weighted by atomic mass is 9.96. The molecule has 0 spiro atoms. The van der Waals surface area contributed by atoms with Crippen molar-refractivity contribution in [1.82, 2.24) is 14.8 Å². The van der Waals surface area contributed by atoms with Crippen LogP contribution in [-0.4, -0.2) is 52.6 Å². The largest absolute Gasteiger partial charge is 0.465 e. The number of esters is 1. The van der Waals surface area contributed by atoms with Crippen molar-refractivity contribution in [2.45, 2.75) is 71.0 Å². The number of carbonyl (C=O) groups is 2. The molecule has 1 aliphatic rings. The van der Waals surface area contributed by atoms with Crippen molar-refractivity contribution in [2.75, 3.05) is 36.2 Å². The Balaban J connectivity index is 1.47. The normalized spacial score (nSPS) is 13.4. The van der Waals surface area contributed by atoms with Gasteiger partial charge in [0.05, 0.1) is 18.4 Å². The number of amides is 1. The van der Waals surface area contributed by atoms with Crippen molar-refractivity contribution in [3.8, 4) is 11.4 Å². The summed E-state index contributed by atoms with van der Waals surface area (Å²) in [7, 11) is 1.39. The van der Waals surface area contributed by atoms with E-state index in [1.807, 2.05) is 11.5 Å². The highest BCUT2D eigenvalue weighted by atomic mass is 32.2. The van der Waals surface area contributed by atoms with Crippen LogP contribution in [0.2, 0.25) is 0 Å². The maximum Gasteiger partial charge on any atom is 0.341 e. The highest BCUT2D eigenvalue weighted by Gasteiger charge is 2.26. The molecule has 0 saturated carbocycles. The van der Waals surface area contributed by atoms with Crippen molar-refractivity contribution in [3.05, 3.63) is 40.3 Å². The molecule has 1 aliphatic carbocycles. The van der Waals surface area contributed by atoms with Crippen molar-refractivity contribution < 1.29 is 14.3 Å². The first-order valence-electron chi connectivity index (χ1n) is 13.4. The SMILES string of the molecule is CCN(CC)c1ccc(-c2nnc(SCC(=O)Nc3sc4c(c3C(=O)OC)CCCCCC4)n2CC)cc1. The minimum atomic E-state index is -0.381. The van der Waals surface area contributed by atoms with Gasteiger partial charge in [0.25, 0.3) is 0 Å². The van der Waals surface area contributed by atoms with E-state index < -0.39 is 0 Å². The van der Waals surface area contributed by atoms with Gasteiger partial charge in [-0.1, -0.05) is 24.6 Å². The first kappa shape index (κ1) is 28.2. The number of rotatable bonds is 10. The van der Waals surface area contributed by atoms with Gasteiger partial charge in [0, 0.05) is 35.8 Å². The summed E-state index contributed by atoms with van der Waals surface area (Å²) in [6.07, 6.45) is 6.29. The lowest BCUT2D eigenvalue weighted by Gasteiger charge is -2.21. The van der Waals surface area contributed by atoms with E-state index in [4.69, 9.17) is 4.74 Å². The number of methoxy groups -OCH3 is 1. The molecule has 1 amide bonds. The number of aromatic nitrogens is 3. The molecule has 1 N–H and O–H groups in total. The minimum absolute atomic E-state index is 0.169. The van der Waals surface area contributed by atoms with Gasteiger partial charge in [-0.25, -0.2) is 4.79 Å². The Bertz CT molecular complexity index is 1250. The Morgan fingerprint density at radius 2 is 1.76 bits per heavy atom. The molecule has 0 aliphatic heterocycles. The Kier molecular flexibility index (Phi) is 9.85. The molecule has 0 atom stereocenters. The topological polar surface area (TPSA) is 89.3 Å². The molecule has 0 fully saturated rings. The lowest BCUT2D eigenvalue weighted by Crippen LogP contribution is -2.21. The Morgan fingerprint density at radius 1 is 1.05 bits per heavy atom. The van der Waals surface area contributed by atoms with E-state index in [2.05, 4.69) is 58.5 Å². The van der Waals surface area contributed by atoms with Crippen molar-refractivity contribution in [3.63, 3.8) is 0 Å². The Morgan fingerprint density at radius 3 is 2.42 bits per heavy atom. The number of nitrogens with zero attached hydrogens (tertiary/aromatic N) is 4. The summed E-state index contributed by atoms with van der Waals surface area (Å²) in [5, 5.41) is 13.1. The van der Waals surface area contributed by atoms with Gasteiger partial charge in [-0.05, 0) is 76.3 Å². The molecule has 2 aromatic heterocycles. The molecule has 0 radical (unpaired) electrons. The van der Waals surface area contributed by atoms with Crippen LogP contribution in [0.3, 0.4) is 0 Å². The van der Waals surface area contributed by atoms with Crippen molar-refractivity contribution in [1.29, 1.82) is 0 Å². The fourth-order valence-electron chi connectivity index (χ4n) is 4.92. The minimum Gasteiger partial charge on any atom is -0.465 e. The fraction of sp³-hybridized carbons (Fsp3) is 0.500. The lowest BCUT2D eigenvalue weighted by molar-refractivity contribution is -0.113. The Hall–Kier alpha value is -2.85. The van der Waals surface area contributed by atoms with Crippen LogP contribution in [0.1, 0.15) is 67.3 Å². The number of nitrogens with one attached hydrogen (secondary N) is 1. The summed E-state index contributed by atoms with van der Waals surface area (Å²) in [5.74, 6) is 0.397. The van der Waals surface area contributed by atoms with Gasteiger partial charge in [-0.2, -0.15) is 0 Å². The molecule has 0 bridgehead atoms. The predicted octanol–water partition coefficient (Wildman–Crippen LogP) is 6.05. The third-order valence-corrected chi connectivity index (χ3v) is 9.11. The molecule has 0 unspecified atom stereocenters. The average Bonchev–Trinajstić information content (AvgIpc) is 3.48. The van der Waals surface area contributed by atoms with E-state index in [0.717, 1.165) is 62.1 Å². The number of carbonyl (C=O) groups excluding carboxylic acids is 2. The summed E-state index contributed by atoms with van der Waals surface area (Å²) in [6, 6.07) is 8.37. The summed E-state index contributed by atoms with van der Waals surface area (Å²) in [5.41, 5.74) is 3.75. The van der Waals surface area contributed by atoms with E-state index in [0.29, 0.717) is 22.3 Å². The number of ether oxygens (including phenoxy) is 1. The van der Waals surface area contributed by atoms with E-state index in [1.165, 1.54) is 47.2 Å². The maximum atomic E-state index is 13.0. The third kappa shape index (κ3) is 6.23. The number of fused-ring (bicyclic) bond motifs is 1. The second-order valence-corrected chi connectivity index (χ2v) is 11.3. The van der Waals surface area contributed by atoms with E-state index >= 15 is 0 Å². The zero-order valence-corrected chi connectivity index (χ0v) is 24.3. The fourth-order valence-corrected chi connectivity index (χ4v) is 7.02. The number of thioether (sulfide) groups is 1. The molecule has 38 heavy (non-hydrogen) atoms. The Labute approximate surface area is 233 Å². The first-order valence-corrected chi connectivity index (χ1v) is 15.2. The van der Waals surface area contributed by atoms with Crippen LogP contribution < -0.4 is 10.2 Å². The van der Waals surface area contributed by atoms with Gasteiger partial charge >= 0.3 is 5.97 Å². The molecular weight excluding hydrogens is 518 g/mol. The number of anilines is 2. The van der Waals surface area contributed by atoms with Crippen molar-refractivity contribution >= 4 is 45.7 Å². The smallest absolute Gasteiger partial charge is 0.341 e. The van der Waals surface area contributed by atoms with Gasteiger partial charge in [0.1, 0.15) is 5.00 Å². The highest BCUT2D eigenvalue weighted by Crippen LogP contribution is 2.38. The molecule has 4 rings (SSSR count). The zero-order valence-electron chi connectivity index (χ0n) is 22.7. The number of aryl methyl sites for hydroxylation is 1. The van der Waals surface area contributed by atoms with E-state index in [9.17, 15) is 9.59 Å². The molecule has 1 aromatic carbocycles. The van der Waals surface area contributed by atoms with Gasteiger partial charge in [-0.15, -0.1) is 21.5 Å². The van der Waals surface area contributed by atoms with Crippen LogP contribution in [0.5, 0.6) is 0 Å². The van der Waals surface area contributed by atoms with Crippen LogP contribution >= 0.6 is 23.1 Å². The molecule has 0 saturated heterocycles. The number of benzene rings is 1. The molecule has 204 valence electrons. The zero-order chi connectivity index (χ0) is 27.1. The van der Waals surface area contributed by atoms with Gasteiger partial charge in [0.2, 0.25) is 5.91 Å². The predicted molar refractivity (Wildman–Crippen MR) is 156 cm³/mol. The average molecular weight is 556 g/mol. The molecule has 3 aromatic rings. The van der Waals surface area contributed by atoms with E-state index in [-0.39, 0.29) is 17.6 Å². The van der Waals surface area contributed by atoms with Crippen LogP contribution in [0.25, 0.3) is 11.4 Å². The van der Waals surface area contributed by atoms with Crippen LogP contribution in [-0.2, 0) is 28.9 Å². The summed E-state index contributed by atoms with van der Waals surface area (Å²) < 4.78 is 7.11. The molecule has 2 heterocycles. The van der Waals surface area contributed by atoms with Gasteiger partial charge < -0.3 is 19.5 Å². The molecular formula is C28H37N5O3S2. The maximum absolute atomic E-state index is 13.0. The highest BCUT2D eigenvalue weighted by molar-refractivity contribution is 7.99. The summed E-state index contributed by atoms with van der Waals surface area (Å²) in [4.78, 5) is 29.1. The quantitative estimate of drug-likeness (QED) is 0.241. The van der Waals surface area contributed by atoms with Crippen molar-refractivity contribution in [2.24, 2.45) is 0 Å². The summed E-state index contributed by atoms with van der Waals surface area (Å²) >= 11 is 2.86. The monoisotopic (exact) mass is 555 g/mol. The number of hydrogen-bond donors (Lipinski definition) is 1. The summed E-state index contributed by atoms with van der Waals surface area (Å²) in [6.45, 7) is 8.95. The second-order valence-electron chi connectivity index (χ2n) is 9.22. The van der Waals surface area contributed by atoms with E-state index in [1.54, 1.807) is 0 Å². The molecule has 8 nitrogen and oxygen atoms in total. The number of thiophene rings is 1. The van der Waals surface area contributed by atoms with Crippen LogP contribution in [0.15, 0.2) is 29.4 Å². The van der Waals surface area contributed by atoms with Crippen LogP contribution in [0.4, 0.5) is 10.7 Å². The standard InChI is InChI=1S/C28H37N5O3S2/c1-5-32(6-2)20-16-14-19(15-17-20)25-30-31-28(33(25)7-3)37-18-23(34)29-26-24(27(35)36-4)21-12-10-8-9-11-13-22(21)38-26/h14-17H,5-13,18H2,1-4H3,(H,29,34). The van der Waals surface area contributed by atoms with Gasteiger partial charge in [0.15, 0.2) is 11.0 Å².